The van der Waals surface area contributed by atoms with Gasteiger partial charge in [-0.2, -0.15) is 0 Å². The second-order valence-corrected chi connectivity index (χ2v) is 5.29. The molecule has 0 unspecified atom stereocenters. The Labute approximate surface area is 109 Å². The molecule has 1 aliphatic heterocycles. The molecule has 92 valence electrons. The van der Waals surface area contributed by atoms with E-state index in [0.717, 1.165) is 12.5 Å². The van der Waals surface area contributed by atoms with Gasteiger partial charge in [-0.25, -0.2) is 0 Å². The van der Waals surface area contributed by atoms with Gasteiger partial charge in [-0.1, -0.05) is 61.5 Å². The Morgan fingerprint density at radius 3 is 2.17 bits per heavy atom. The zero-order valence-corrected chi connectivity index (χ0v) is 10.8. The first-order valence-corrected chi connectivity index (χ1v) is 6.72. The van der Waals surface area contributed by atoms with Crippen LogP contribution in [0.5, 0.6) is 0 Å². The largest absolute Gasteiger partial charge is 0.310 e. The zero-order chi connectivity index (χ0) is 12.4. The maximum Gasteiger partial charge on any atom is 0.0323 e. The van der Waals surface area contributed by atoms with E-state index in [1.807, 2.05) is 0 Å². The van der Waals surface area contributed by atoms with Crippen LogP contribution in [0.2, 0.25) is 0 Å². The molecule has 1 N–H and O–H groups in total. The highest BCUT2D eigenvalue weighted by Crippen LogP contribution is 2.28. The van der Waals surface area contributed by atoms with E-state index in [1.165, 1.54) is 23.1 Å². The minimum atomic E-state index is 0.546. The summed E-state index contributed by atoms with van der Waals surface area (Å²) in [6.45, 7) is 3.45. The lowest BCUT2D eigenvalue weighted by Gasteiger charge is -2.11. The molecular weight excluding hydrogens is 218 g/mol. The van der Waals surface area contributed by atoms with E-state index in [1.54, 1.807) is 0 Å². The van der Waals surface area contributed by atoms with Crippen molar-refractivity contribution in [3.8, 4) is 11.1 Å². The lowest BCUT2D eigenvalue weighted by molar-refractivity contribution is 0.612. The fraction of sp³-hybridized carbons (Fsp3) is 0.294. The van der Waals surface area contributed by atoms with Crippen LogP contribution in [0, 0.1) is 5.92 Å². The van der Waals surface area contributed by atoms with Crippen LogP contribution in [0.4, 0.5) is 0 Å². The summed E-state index contributed by atoms with van der Waals surface area (Å²) in [5.74, 6) is 0.795. The third-order valence-electron chi connectivity index (χ3n) is 3.77. The standard InChI is InChI=1S/C17H19N/c1-13-11-17(18-12-13)16-9-7-15(8-10-16)14-5-3-2-4-6-14/h2-10,13,17-18H,11-12H2,1H3/t13-,17-/m0/s1. The van der Waals surface area contributed by atoms with Crippen LogP contribution in [0.15, 0.2) is 54.6 Å². The van der Waals surface area contributed by atoms with Crippen LogP contribution in [0.1, 0.15) is 24.9 Å². The fourth-order valence-electron chi connectivity index (χ4n) is 2.70. The van der Waals surface area contributed by atoms with Gasteiger partial charge in [0.2, 0.25) is 0 Å². The predicted molar refractivity (Wildman–Crippen MR) is 76.4 cm³/mol. The molecule has 0 aromatic heterocycles. The molecule has 1 saturated heterocycles. The van der Waals surface area contributed by atoms with Gasteiger partial charge in [-0.3, -0.25) is 0 Å². The molecular formula is C17H19N. The Kier molecular flexibility index (Phi) is 3.16. The summed E-state index contributed by atoms with van der Waals surface area (Å²) in [4.78, 5) is 0. The highest BCUT2D eigenvalue weighted by atomic mass is 14.9. The zero-order valence-electron chi connectivity index (χ0n) is 10.8. The quantitative estimate of drug-likeness (QED) is 0.831. The van der Waals surface area contributed by atoms with E-state index in [4.69, 9.17) is 0 Å². The van der Waals surface area contributed by atoms with Crippen LogP contribution in [0.3, 0.4) is 0 Å². The van der Waals surface area contributed by atoms with E-state index >= 15 is 0 Å². The van der Waals surface area contributed by atoms with E-state index in [9.17, 15) is 0 Å². The minimum Gasteiger partial charge on any atom is -0.310 e. The van der Waals surface area contributed by atoms with Crippen LogP contribution in [0.25, 0.3) is 11.1 Å². The Morgan fingerprint density at radius 1 is 0.889 bits per heavy atom. The van der Waals surface area contributed by atoms with Gasteiger partial charge < -0.3 is 5.32 Å². The number of hydrogen-bond donors (Lipinski definition) is 1. The van der Waals surface area contributed by atoms with E-state index in [2.05, 4.69) is 66.8 Å². The molecule has 2 aromatic carbocycles. The molecule has 0 spiro atoms. The van der Waals surface area contributed by atoms with E-state index < -0.39 is 0 Å². The molecule has 1 heteroatoms. The highest BCUT2D eigenvalue weighted by molar-refractivity contribution is 5.63. The van der Waals surface area contributed by atoms with Crippen LogP contribution >= 0.6 is 0 Å². The number of benzene rings is 2. The minimum absolute atomic E-state index is 0.546. The van der Waals surface area contributed by atoms with Crippen molar-refractivity contribution in [3.63, 3.8) is 0 Å². The van der Waals surface area contributed by atoms with Crippen LogP contribution in [-0.4, -0.2) is 6.54 Å². The van der Waals surface area contributed by atoms with Crippen molar-refractivity contribution in [2.75, 3.05) is 6.54 Å². The summed E-state index contributed by atoms with van der Waals surface area (Å²) in [6.07, 6.45) is 1.25. The van der Waals surface area contributed by atoms with Gasteiger partial charge in [-0.05, 0) is 35.6 Å². The molecule has 18 heavy (non-hydrogen) atoms. The monoisotopic (exact) mass is 237 g/mol. The number of nitrogens with one attached hydrogen (secondary N) is 1. The summed E-state index contributed by atoms with van der Waals surface area (Å²) in [7, 11) is 0. The Hall–Kier alpha value is -1.60. The van der Waals surface area contributed by atoms with Crippen molar-refractivity contribution in [3.05, 3.63) is 60.2 Å². The molecule has 2 atom stereocenters. The molecule has 1 nitrogen and oxygen atoms in total. The summed E-state index contributed by atoms with van der Waals surface area (Å²) < 4.78 is 0. The molecule has 1 heterocycles. The molecule has 3 rings (SSSR count). The SMILES string of the molecule is C[C@@H]1CN[C@H](c2ccc(-c3ccccc3)cc2)C1. The Morgan fingerprint density at radius 2 is 1.56 bits per heavy atom. The smallest absolute Gasteiger partial charge is 0.0323 e. The van der Waals surface area contributed by atoms with Gasteiger partial charge in [0.25, 0.3) is 0 Å². The second kappa shape index (κ2) is 4.95. The lowest BCUT2D eigenvalue weighted by Crippen LogP contribution is -2.13. The van der Waals surface area contributed by atoms with E-state index in [0.29, 0.717) is 6.04 Å². The number of rotatable bonds is 2. The van der Waals surface area contributed by atoms with Gasteiger partial charge in [0, 0.05) is 6.04 Å². The second-order valence-electron chi connectivity index (χ2n) is 5.29. The van der Waals surface area contributed by atoms with Crippen LogP contribution < -0.4 is 5.32 Å². The topological polar surface area (TPSA) is 12.0 Å². The van der Waals surface area contributed by atoms with Crippen molar-refractivity contribution in [2.24, 2.45) is 5.92 Å². The molecule has 1 aliphatic rings. The van der Waals surface area contributed by atoms with Gasteiger partial charge >= 0.3 is 0 Å². The first kappa shape index (κ1) is 11.5. The summed E-state index contributed by atoms with van der Waals surface area (Å²) in [5.41, 5.74) is 4.00. The first-order valence-electron chi connectivity index (χ1n) is 6.72. The van der Waals surface area contributed by atoms with Crippen LogP contribution in [-0.2, 0) is 0 Å². The molecule has 0 bridgehead atoms. The molecule has 2 aromatic rings. The van der Waals surface area contributed by atoms with Crippen molar-refractivity contribution in [1.82, 2.24) is 5.32 Å². The number of hydrogen-bond acceptors (Lipinski definition) is 1. The average molecular weight is 237 g/mol. The maximum absolute atomic E-state index is 3.58. The third kappa shape index (κ3) is 2.32. The summed E-state index contributed by atoms with van der Waals surface area (Å²) >= 11 is 0. The Balaban J connectivity index is 1.81. The van der Waals surface area contributed by atoms with Crippen molar-refractivity contribution >= 4 is 0 Å². The van der Waals surface area contributed by atoms with Crippen molar-refractivity contribution < 1.29 is 0 Å². The summed E-state index contributed by atoms with van der Waals surface area (Å²) in [6, 6.07) is 20.1. The third-order valence-corrected chi connectivity index (χ3v) is 3.77. The van der Waals surface area contributed by atoms with E-state index in [-0.39, 0.29) is 0 Å². The molecule has 0 amide bonds. The highest BCUT2D eigenvalue weighted by Gasteiger charge is 2.21. The normalized spacial score (nSPS) is 23.2. The summed E-state index contributed by atoms with van der Waals surface area (Å²) in [5, 5.41) is 3.58. The lowest BCUT2D eigenvalue weighted by atomic mass is 9.98. The maximum atomic E-state index is 3.58. The molecule has 0 aliphatic carbocycles. The van der Waals surface area contributed by atoms with Gasteiger partial charge in [-0.15, -0.1) is 0 Å². The molecule has 0 saturated carbocycles. The average Bonchev–Trinajstić information content (AvgIpc) is 2.87. The first-order chi connectivity index (χ1) is 8.83. The van der Waals surface area contributed by atoms with Gasteiger partial charge in [0.15, 0.2) is 0 Å². The van der Waals surface area contributed by atoms with Crippen molar-refractivity contribution in [2.45, 2.75) is 19.4 Å². The molecule has 1 fully saturated rings. The van der Waals surface area contributed by atoms with Gasteiger partial charge in [0.1, 0.15) is 0 Å². The van der Waals surface area contributed by atoms with Gasteiger partial charge in [0.05, 0.1) is 0 Å². The fourth-order valence-corrected chi connectivity index (χ4v) is 2.70. The molecule has 0 radical (unpaired) electrons. The van der Waals surface area contributed by atoms with Crippen molar-refractivity contribution in [1.29, 1.82) is 0 Å². The Bertz CT molecular complexity index is 501. The predicted octanol–water partition coefficient (Wildman–Crippen LogP) is 4.02.